The molecule has 5 nitrogen and oxygen atoms in total. The van der Waals surface area contributed by atoms with Crippen LogP contribution >= 0.6 is 0 Å². The molecule has 2 N–H and O–H groups in total. The highest BCUT2D eigenvalue weighted by Crippen LogP contribution is 2.14. The zero-order valence-electron chi connectivity index (χ0n) is 14.2. The Kier molecular flexibility index (Phi) is 5.95. The van der Waals surface area contributed by atoms with Crippen molar-refractivity contribution in [3.05, 3.63) is 59.2 Å². The zero-order valence-corrected chi connectivity index (χ0v) is 14.2. The molecule has 2 amide bonds. The minimum atomic E-state index is -0.663. The fraction of sp³-hybridized carbons (Fsp3) is 0.263. The van der Waals surface area contributed by atoms with Crippen LogP contribution in [0.2, 0.25) is 0 Å². The molecular weight excluding hydrogens is 304 g/mol. The lowest BCUT2D eigenvalue weighted by Gasteiger charge is -2.09. The molecule has 0 heterocycles. The summed E-state index contributed by atoms with van der Waals surface area (Å²) in [7, 11) is 1.61. The van der Waals surface area contributed by atoms with E-state index in [2.05, 4.69) is 10.6 Å². The van der Waals surface area contributed by atoms with Gasteiger partial charge >= 0.3 is 11.8 Å². The minimum absolute atomic E-state index is 0.381. The first-order valence-electron chi connectivity index (χ1n) is 7.79. The molecule has 0 bridgehead atoms. The minimum Gasteiger partial charge on any atom is -0.497 e. The van der Waals surface area contributed by atoms with Crippen molar-refractivity contribution in [3.63, 3.8) is 0 Å². The number of hydrogen-bond donors (Lipinski definition) is 2. The van der Waals surface area contributed by atoms with Gasteiger partial charge in [-0.1, -0.05) is 18.2 Å². The number of nitrogens with one attached hydrogen (secondary N) is 2. The monoisotopic (exact) mass is 326 g/mol. The molecular formula is C19H22N2O3. The van der Waals surface area contributed by atoms with Gasteiger partial charge in [-0.25, -0.2) is 0 Å². The van der Waals surface area contributed by atoms with Crippen molar-refractivity contribution in [2.24, 2.45) is 0 Å². The lowest BCUT2D eigenvalue weighted by molar-refractivity contribution is -0.136. The molecule has 0 atom stereocenters. The second kappa shape index (κ2) is 8.15. The third-order valence-electron chi connectivity index (χ3n) is 3.80. The van der Waals surface area contributed by atoms with E-state index < -0.39 is 11.8 Å². The third kappa shape index (κ3) is 4.84. The van der Waals surface area contributed by atoms with Gasteiger partial charge in [-0.15, -0.1) is 0 Å². The van der Waals surface area contributed by atoms with Crippen LogP contribution in [-0.4, -0.2) is 25.5 Å². The Hall–Kier alpha value is -2.82. The van der Waals surface area contributed by atoms with Gasteiger partial charge in [0.1, 0.15) is 5.75 Å². The quantitative estimate of drug-likeness (QED) is 0.830. The number of benzene rings is 2. The summed E-state index contributed by atoms with van der Waals surface area (Å²) in [6, 6.07) is 13.1. The predicted octanol–water partition coefficient (Wildman–Crippen LogP) is 2.61. The van der Waals surface area contributed by atoms with Crippen molar-refractivity contribution in [1.29, 1.82) is 0 Å². The maximum atomic E-state index is 11.9. The molecule has 2 rings (SSSR count). The molecule has 0 saturated carbocycles. The van der Waals surface area contributed by atoms with E-state index in [-0.39, 0.29) is 0 Å². The van der Waals surface area contributed by atoms with E-state index in [0.717, 1.165) is 22.4 Å². The van der Waals surface area contributed by atoms with E-state index >= 15 is 0 Å². The number of anilines is 1. The second-order valence-electron chi connectivity index (χ2n) is 5.61. The number of ether oxygens (including phenoxy) is 1. The number of carbonyl (C=O) groups excluding carboxylic acids is 2. The van der Waals surface area contributed by atoms with Gasteiger partial charge in [0.2, 0.25) is 0 Å². The van der Waals surface area contributed by atoms with Gasteiger partial charge in [-0.05, 0) is 61.2 Å². The van der Waals surface area contributed by atoms with Crippen LogP contribution in [0.15, 0.2) is 42.5 Å². The van der Waals surface area contributed by atoms with Crippen LogP contribution in [-0.2, 0) is 16.0 Å². The van der Waals surface area contributed by atoms with Crippen LogP contribution in [0.5, 0.6) is 5.75 Å². The largest absolute Gasteiger partial charge is 0.497 e. The van der Waals surface area contributed by atoms with Crippen molar-refractivity contribution in [3.8, 4) is 5.75 Å². The fourth-order valence-corrected chi connectivity index (χ4v) is 2.24. The summed E-state index contributed by atoms with van der Waals surface area (Å²) in [6.45, 7) is 4.33. The maximum Gasteiger partial charge on any atom is 0.313 e. The Morgan fingerprint density at radius 2 is 1.79 bits per heavy atom. The van der Waals surface area contributed by atoms with E-state index in [9.17, 15) is 9.59 Å². The number of aryl methyl sites for hydroxylation is 2. The van der Waals surface area contributed by atoms with Crippen LogP contribution in [0, 0.1) is 13.8 Å². The topological polar surface area (TPSA) is 67.4 Å². The summed E-state index contributed by atoms with van der Waals surface area (Å²) < 4.78 is 5.15. The summed E-state index contributed by atoms with van der Waals surface area (Å²) in [6.07, 6.45) is 0.625. The van der Waals surface area contributed by atoms with E-state index in [1.165, 1.54) is 0 Å². The number of rotatable bonds is 5. The summed E-state index contributed by atoms with van der Waals surface area (Å²) >= 11 is 0. The molecule has 2 aromatic carbocycles. The third-order valence-corrected chi connectivity index (χ3v) is 3.80. The van der Waals surface area contributed by atoms with Gasteiger partial charge in [-0.2, -0.15) is 0 Å². The summed E-state index contributed by atoms with van der Waals surface area (Å²) in [4.78, 5) is 23.8. The predicted molar refractivity (Wildman–Crippen MR) is 94.3 cm³/mol. The average molecular weight is 326 g/mol. The zero-order chi connectivity index (χ0) is 17.5. The Bertz CT molecular complexity index is 741. The van der Waals surface area contributed by atoms with Crippen LogP contribution in [0.4, 0.5) is 5.69 Å². The van der Waals surface area contributed by atoms with Crippen molar-refractivity contribution in [1.82, 2.24) is 5.32 Å². The lowest BCUT2D eigenvalue weighted by Crippen LogP contribution is -2.36. The Labute approximate surface area is 142 Å². The van der Waals surface area contributed by atoms with Gasteiger partial charge in [0.15, 0.2) is 0 Å². The second-order valence-corrected chi connectivity index (χ2v) is 5.61. The highest BCUT2D eigenvalue weighted by molar-refractivity contribution is 6.39. The summed E-state index contributed by atoms with van der Waals surface area (Å²) in [5, 5.41) is 5.23. The number of hydrogen-bond acceptors (Lipinski definition) is 3. The first-order valence-corrected chi connectivity index (χ1v) is 7.79. The number of methoxy groups -OCH3 is 1. The molecule has 0 aromatic heterocycles. The van der Waals surface area contributed by atoms with Gasteiger partial charge in [0, 0.05) is 12.2 Å². The van der Waals surface area contributed by atoms with Gasteiger partial charge < -0.3 is 15.4 Å². The van der Waals surface area contributed by atoms with Crippen LogP contribution < -0.4 is 15.4 Å². The molecule has 0 fully saturated rings. The first-order chi connectivity index (χ1) is 11.5. The van der Waals surface area contributed by atoms with Crippen LogP contribution in [0.1, 0.15) is 16.7 Å². The van der Waals surface area contributed by atoms with Crippen LogP contribution in [0.25, 0.3) is 0 Å². The van der Waals surface area contributed by atoms with E-state index in [1.807, 2.05) is 50.2 Å². The van der Waals surface area contributed by atoms with Gasteiger partial charge in [0.25, 0.3) is 0 Å². The molecule has 0 radical (unpaired) electrons. The van der Waals surface area contributed by atoms with E-state index in [1.54, 1.807) is 13.2 Å². The normalized spacial score (nSPS) is 10.1. The number of amides is 2. The molecule has 5 heteroatoms. The Morgan fingerprint density at radius 3 is 2.50 bits per heavy atom. The van der Waals surface area contributed by atoms with Crippen molar-refractivity contribution in [2.75, 3.05) is 19.0 Å². The van der Waals surface area contributed by atoms with Crippen LogP contribution in [0.3, 0.4) is 0 Å². The summed E-state index contributed by atoms with van der Waals surface area (Å²) in [5.74, 6) is -0.536. The Balaban J connectivity index is 1.83. The standard InChI is InChI=1S/C19H22N2O3/c1-13-7-8-16(11-14(13)2)21-19(23)18(22)20-10-9-15-5-4-6-17(12-15)24-3/h4-8,11-12H,9-10H2,1-3H3,(H,20,22)(H,21,23). The molecule has 24 heavy (non-hydrogen) atoms. The first kappa shape index (κ1) is 17.5. The SMILES string of the molecule is COc1cccc(CCNC(=O)C(=O)Nc2ccc(C)c(C)c2)c1. The molecule has 0 saturated heterocycles. The molecule has 0 aliphatic carbocycles. The highest BCUT2D eigenvalue weighted by atomic mass is 16.5. The molecule has 0 unspecified atom stereocenters. The van der Waals surface area contributed by atoms with Crippen molar-refractivity contribution < 1.29 is 14.3 Å². The molecule has 0 aliphatic heterocycles. The average Bonchev–Trinajstić information content (AvgIpc) is 2.58. The Morgan fingerprint density at radius 1 is 1.00 bits per heavy atom. The smallest absolute Gasteiger partial charge is 0.313 e. The highest BCUT2D eigenvalue weighted by Gasteiger charge is 2.13. The molecule has 0 aliphatic rings. The number of carbonyl (C=O) groups is 2. The van der Waals surface area contributed by atoms with Crippen molar-refractivity contribution >= 4 is 17.5 Å². The molecule has 126 valence electrons. The van der Waals surface area contributed by atoms with Gasteiger partial charge in [-0.3, -0.25) is 9.59 Å². The fourth-order valence-electron chi connectivity index (χ4n) is 2.24. The van der Waals surface area contributed by atoms with Gasteiger partial charge in [0.05, 0.1) is 7.11 Å². The maximum absolute atomic E-state index is 11.9. The lowest BCUT2D eigenvalue weighted by atomic mass is 10.1. The van der Waals surface area contributed by atoms with E-state index in [4.69, 9.17) is 4.74 Å². The van der Waals surface area contributed by atoms with Crippen molar-refractivity contribution in [2.45, 2.75) is 20.3 Å². The molecule has 0 spiro atoms. The molecule has 2 aromatic rings. The summed E-state index contributed by atoms with van der Waals surface area (Å²) in [5.41, 5.74) is 3.84. The van der Waals surface area contributed by atoms with E-state index in [0.29, 0.717) is 18.7 Å².